The highest BCUT2D eigenvalue weighted by molar-refractivity contribution is 6.02. The molecule has 1 aliphatic heterocycles. The van der Waals surface area contributed by atoms with Gasteiger partial charge in [0.2, 0.25) is 11.8 Å². The molecule has 2 amide bonds. The first-order valence-electron chi connectivity index (χ1n) is 14.0. The van der Waals surface area contributed by atoms with Gasteiger partial charge in [-0.2, -0.15) is 0 Å². The fourth-order valence-corrected chi connectivity index (χ4v) is 5.91. The highest BCUT2D eigenvalue weighted by Crippen LogP contribution is 2.49. The second-order valence-corrected chi connectivity index (χ2v) is 11.6. The Morgan fingerprint density at radius 1 is 1.05 bits per heavy atom. The third-order valence-electron chi connectivity index (χ3n) is 8.51. The number of carbonyl (C=O) groups excluding carboxylic acids is 2. The zero-order chi connectivity index (χ0) is 27.0. The number of nitrogens with zero attached hydrogens (tertiary/aromatic N) is 7. The molecule has 40 heavy (non-hydrogen) atoms. The third kappa shape index (κ3) is 4.25. The van der Waals surface area contributed by atoms with E-state index in [9.17, 15) is 9.59 Å². The molecule has 4 aromatic rings. The lowest BCUT2D eigenvalue weighted by molar-refractivity contribution is -0.119. The summed E-state index contributed by atoms with van der Waals surface area (Å²) in [5.74, 6) is 3.06. The molecule has 0 aromatic carbocycles. The van der Waals surface area contributed by atoms with Crippen molar-refractivity contribution in [2.24, 2.45) is 17.8 Å². The Hall–Kier alpha value is -4.41. The van der Waals surface area contributed by atoms with E-state index >= 15 is 0 Å². The average Bonchev–Trinajstić information content (AvgIpc) is 3.85. The molecular weight excluding hydrogens is 506 g/mol. The number of hydrogen-bond acceptors (Lipinski definition) is 8. The molecule has 0 bridgehead atoms. The lowest BCUT2D eigenvalue weighted by atomic mass is 10.1. The van der Waals surface area contributed by atoms with Crippen LogP contribution in [0.15, 0.2) is 43.1 Å². The second kappa shape index (κ2) is 8.80. The van der Waals surface area contributed by atoms with Gasteiger partial charge in [-0.25, -0.2) is 24.9 Å². The zero-order valence-corrected chi connectivity index (χ0v) is 22.1. The lowest BCUT2D eigenvalue weighted by Crippen LogP contribution is -2.28. The van der Waals surface area contributed by atoms with Gasteiger partial charge in [-0.1, -0.05) is 0 Å². The lowest BCUT2D eigenvalue weighted by Gasteiger charge is -2.20. The van der Waals surface area contributed by atoms with Gasteiger partial charge in [-0.3, -0.25) is 9.59 Å². The van der Waals surface area contributed by atoms with Crippen molar-refractivity contribution in [2.45, 2.75) is 51.0 Å². The standard InChI is InChI=1S/C29H29N9O2/c1-15-4-5-30-26(34-15)21-8-22(21)28(39)36-25-9-24(32-14-33-25)31-10-19-13-37-11-17(16-2-3-16)7-23(27(37)35-19)38-12-18-6-20(18)29(38)40/h4-5,7,9,11,13-14,16,18,20-22H,2-3,6,8,10,12H2,1H3,(H2,31,32,33,36,39)/t18-,20-,21?,22?/m0/s1. The van der Waals surface area contributed by atoms with Crippen LogP contribution in [0.1, 0.15) is 60.3 Å². The van der Waals surface area contributed by atoms with Crippen LogP contribution in [0.25, 0.3) is 5.65 Å². The SMILES string of the molecule is Cc1ccnc(C2CC2C(=O)Nc2cc(NCc3cn4cc(C5CC5)cc(N5C[C@@H]6C[C@@H]6C5=O)c4n3)ncn2)n1. The van der Waals surface area contributed by atoms with Crippen LogP contribution in [0.3, 0.4) is 0 Å². The maximum absolute atomic E-state index is 12.9. The van der Waals surface area contributed by atoms with Crippen LogP contribution in [0, 0.1) is 24.7 Å². The quantitative estimate of drug-likeness (QED) is 0.351. The van der Waals surface area contributed by atoms with E-state index in [1.807, 2.05) is 24.1 Å². The van der Waals surface area contributed by atoms with E-state index in [1.165, 1.54) is 24.7 Å². The molecule has 202 valence electrons. The molecule has 4 aliphatic rings. The first-order valence-corrected chi connectivity index (χ1v) is 14.0. The van der Waals surface area contributed by atoms with Gasteiger partial charge in [0.05, 0.1) is 17.9 Å². The number of hydrogen-bond donors (Lipinski definition) is 2. The summed E-state index contributed by atoms with van der Waals surface area (Å²) in [5, 5.41) is 6.21. The van der Waals surface area contributed by atoms with Crippen LogP contribution in [-0.4, -0.2) is 47.7 Å². The maximum Gasteiger partial charge on any atom is 0.230 e. The monoisotopic (exact) mass is 535 g/mol. The molecule has 0 spiro atoms. The molecule has 0 radical (unpaired) electrons. The summed E-state index contributed by atoms with van der Waals surface area (Å²) >= 11 is 0. The predicted octanol–water partition coefficient (Wildman–Crippen LogP) is 3.44. The molecule has 3 aliphatic carbocycles. The van der Waals surface area contributed by atoms with Crippen molar-refractivity contribution in [3.8, 4) is 0 Å². The molecule has 4 fully saturated rings. The maximum atomic E-state index is 12.9. The normalized spacial score (nSPS) is 24.7. The Morgan fingerprint density at radius 3 is 2.73 bits per heavy atom. The topological polar surface area (TPSA) is 130 Å². The van der Waals surface area contributed by atoms with E-state index < -0.39 is 0 Å². The van der Waals surface area contributed by atoms with E-state index in [0.717, 1.165) is 47.9 Å². The number of pyridine rings is 1. The Bertz CT molecular complexity index is 1680. The second-order valence-electron chi connectivity index (χ2n) is 11.6. The highest BCUT2D eigenvalue weighted by atomic mass is 16.2. The van der Waals surface area contributed by atoms with Crippen molar-refractivity contribution in [1.29, 1.82) is 0 Å². The number of anilines is 3. The van der Waals surface area contributed by atoms with Crippen LogP contribution in [0.4, 0.5) is 17.3 Å². The van der Waals surface area contributed by atoms with E-state index in [-0.39, 0.29) is 29.6 Å². The van der Waals surface area contributed by atoms with Gasteiger partial charge in [0.25, 0.3) is 0 Å². The summed E-state index contributed by atoms with van der Waals surface area (Å²) in [6.07, 6.45) is 11.5. The van der Waals surface area contributed by atoms with Crippen molar-refractivity contribution in [2.75, 3.05) is 22.1 Å². The van der Waals surface area contributed by atoms with Crippen molar-refractivity contribution >= 4 is 34.8 Å². The number of imidazole rings is 1. The van der Waals surface area contributed by atoms with Crippen molar-refractivity contribution in [1.82, 2.24) is 29.3 Å². The molecule has 3 saturated carbocycles. The van der Waals surface area contributed by atoms with Gasteiger partial charge >= 0.3 is 0 Å². The van der Waals surface area contributed by atoms with Crippen LogP contribution in [0.5, 0.6) is 0 Å². The van der Waals surface area contributed by atoms with Gasteiger partial charge in [0, 0.05) is 54.6 Å². The first kappa shape index (κ1) is 23.5. The van der Waals surface area contributed by atoms with Gasteiger partial charge in [0.1, 0.15) is 23.8 Å². The van der Waals surface area contributed by atoms with Gasteiger partial charge in [-0.15, -0.1) is 0 Å². The summed E-state index contributed by atoms with van der Waals surface area (Å²) in [7, 11) is 0. The largest absolute Gasteiger partial charge is 0.364 e. The number of fused-ring (bicyclic) bond motifs is 2. The fraction of sp³-hybridized carbons (Fsp3) is 0.414. The summed E-state index contributed by atoms with van der Waals surface area (Å²) in [5.41, 5.74) is 4.75. The third-order valence-corrected chi connectivity index (χ3v) is 8.51. The van der Waals surface area contributed by atoms with Crippen molar-refractivity contribution < 1.29 is 9.59 Å². The van der Waals surface area contributed by atoms with Crippen molar-refractivity contribution in [3.05, 3.63) is 65.9 Å². The van der Waals surface area contributed by atoms with Crippen LogP contribution in [0.2, 0.25) is 0 Å². The Morgan fingerprint density at radius 2 is 1.93 bits per heavy atom. The molecule has 2 N–H and O–H groups in total. The van der Waals surface area contributed by atoms with Crippen LogP contribution < -0.4 is 15.5 Å². The number of amides is 2. The summed E-state index contributed by atoms with van der Waals surface area (Å²) in [6, 6.07) is 5.75. The van der Waals surface area contributed by atoms with Crippen LogP contribution >= 0.6 is 0 Å². The summed E-state index contributed by atoms with van der Waals surface area (Å²) < 4.78 is 2.06. The van der Waals surface area contributed by atoms with E-state index in [0.29, 0.717) is 30.0 Å². The predicted molar refractivity (Wildman–Crippen MR) is 147 cm³/mol. The summed E-state index contributed by atoms with van der Waals surface area (Å²) in [4.78, 5) is 49.9. The number of nitrogens with one attached hydrogen (secondary N) is 2. The van der Waals surface area contributed by atoms with Crippen molar-refractivity contribution in [3.63, 3.8) is 0 Å². The fourth-order valence-electron chi connectivity index (χ4n) is 5.91. The molecule has 8 rings (SSSR count). The molecule has 1 saturated heterocycles. The minimum absolute atomic E-state index is 0.0429. The molecule has 11 heteroatoms. The van der Waals surface area contributed by atoms with E-state index in [2.05, 4.69) is 47.2 Å². The number of aryl methyl sites for hydroxylation is 1. The van der Waals surface area contributed by atoms with Gasteiger partial charge in [-0.05, 0) is 62.1 Å². The smallest absolute Gasteiger partial charge is 0.230 e. The molecule has 5 heterocycles. The number of aromatic nitrogens is 6. The zero-order valence-electron chi connectivity index (χ0n) is 22.1. The number of carbonyl (C=O) groups is 2. The first-order chi connectivity index (χ1) is 19.5. The van der Waals surface area contributed by atoms with Gasteiger partial charge < -0.3 is 19.9 Å². The molecule has 4 aromatic heterocycles. The minimum atomic E-state index is -0.158. The number of piperidine rings is 1. The summed E-state index contributed by atoms with van der Waals surface area (Å²) in [6.45, 7) is 3.16. The van der Waals surface area contributed by atoms with E-state index in [1.54, 1.807) is 12.3 Å². The minimum Gasteiger partial charge on any atom is -0.364 e. The van der Waals surface area contributed by atoms with E-state index in [4.69, 9.17) is 4.98 Å². The Balaban J connectivity index is 0.962. The van der Waals surface area contributed by atoms with Crippen LogP contribution in [-0.2, 0) is 16.1 Å². The Kier molecular flexibility index (Phi) is 5.17. The Labute approximate surface area is 230 Å². The van der Waals surface area contributed by atoms with Gasteiger partial charge in [0.15, 0.2) is 5.65 Å². The average molecular weight is 536 g/mol. The molecule has 4 atom stereocenters. The highest BCUT2D eigenvalue weighted by Gasteiger charge is 2.53. The molecule has 2 unspecified atom stereocenters. The molecule has 11 nitrogen and oxygen atoms in total. The molecular formula is C29H29N9O2. The number of rotatable bonds is 8.